The Labute approximate surface area is 139 Å². The van der Waals surface area contributed by atoms with Gasteiger partial charge in [0, 0.05) is 20.0 Å². The Bertz CT molecular complexity index is 629. The average Bonchev–Trinajstić information content (AvgIpc) is 3.24. The Hall–Kier alpha value is -2.05. The van der Waals surface area contributed by atoms with Gasteiger partial charge in [-0.3, -0.25) is 9.59 Å². The highest BCUT2D eigenvalue weighted by Gasteiger charge is 2.47. The quantitative estimate of drug-likeness (QED) is 0.825. The summed E-state index contributed by atoms with van der Waals surface area (Å²) in [6.45, 7) is -0.0285. The zero-order valence-corrected chi connectivity index (χ0v) is 13.9. The lowest BCUT2D eigenvalue weighted by molar-refractivity contribution is -0.164. The molecular formula is C17H21F3N2O2. The summed E-state index contributed by atoms with van der Waals surface area (Å²) in [5.41, 5.74) is 2.00. The molecule has 1 saturated carbocycles. The van der Waals surface area contributed by atoms with E-state index >= 15 is 0 Å². The molecule has 132 valence electrons. The SMILES string of the molecule is Cc1cccc(C2CC2C(=O)N(CC(=O)N(C)C)CC(F)(F)F)c1. The molecule has 1 aromatic carbocycles. The van der Waals surface area contributed by atoms with E-state index in [1.165, 1.54) is 19.0 Å². The molecule has 4 nitrogen and oxygen atoms in total. The maximum atomic E-state index is 12.8. The van der Waals surface area contributed by atoms with Crippen molar-refractivity contribution >= 4 is 11.8 Å². The molecule has 1 fully saturated rings. The minimum absolute atomic E-state index is 0.0670. The lowest BCUT2D eigenvalue weighted by Gasteiger charge is -2.25. The number of likely N-dealkylation sites (N-methyl/N-ethyl adjacent to an activating group) is 1. The zero-order chi connectivity index (χ0) is 18.1. The van der Waals surface area contributed by atoms with E-state index < -0.39 is 37.0 Å². The van der Waals surface area contributed by atoms with Crippen molar-refractivity contribution in [2.75, 3.05) is 27.2 Å². The molecule has 7 heteroatoms. The number of nitrogens with zero attached hydrogens (tertiary/aromatic N) is 2. The maximum absolute atomic E-state index is 12.8. The lowest BCUT2D eigenvalue weighted by Crippen LogP contribution is -2.45. The second-order valence-electron chi connectivity index (χ2n) is 6.46. The molecule has 0 bridgehead atoms. The number of benzene rings is 1. The number of hydrogen-bond acceptors (Lipinski definition) is 2. The molecule has 0 radical (unpaired) electrons. The molecule has 2 amide bonds. The van der Waals surface area contributed by atoms with Gasteiger partial charge < -0.3 is 9.80 Å². The number of carbonyl (C=O) groups excluding carboxylic acids is 2. The highest BCUT2D eigenvalue weighted by Crippen LogP contribution is 2.48. The minimum Gasteiger partial charge on any atom is -0.347 e. The molecular weight excluding hydrogens is 321 g/mol. The summed E-state index contributed by atoms with van der Waals surface area (Å²) in [5.74, 6) is -1.68. The van der Waals surface area contributed by atoms with Gasteiger partial charge in [-0.25, -0.2) is 0 Å². The van der Waals surface area contributed by atoms with Gasteiger partial charge in [0.25, 0.3) is 0 Å². The van der Waals surface area contributed by atoms with Crippen molar-refractivity contribution in [3.05, 3.63) is 35.4 Å². The van der Waals surface area contributed by atoms with Crippen LogP contribution in [0.3, 0.4) is 0 Å². The van der Waals surface area contributed by atoms with Crippen molar-refractivity contribution in [1.82, 2.24) is 9.80 Å². The summed E-state index contributed by atoms with van der Waals surface area (Å²) in [6, 6.07) is 7.61. The third kappa shape index (κ3) is 4.72. The molecule has 0 aliphatic heterocycles. The van der Waals surface area contributed by atoms with E-state index in [1.807, 2.05) is 31.2 Å². The molecule has 1 aliphatic rings. The highest BCUT2D eigenvalue weighted by atomic mass is 19.4. The predicted octanol–water partition coefficient (Wildman–Crippen LogP) is 2.58. The summed E-state index contributed by atoms with van der Waals surface area (Å²) in [4.78, 5) is 26.0. The van der Waals surface area contributed by atoms with E-state index in [0.29, 0.717) is 11.3 Å². The summed E-state index contributed by atoms with van der Waals surface area (Å²) < 4.78 is 38.3. The monoisotopic (exact) mass is 342 g/mol. The zero-order valence-electron chi connectivity index (χ0n) is 13.9. The van der Waals surface area contributed by atoms with E-state index in [2.05, 4.69) is 0 Å². The van der Waals surface area contributed by atoms with Crippen LogP contribution in [0.2, 0.25) is 0 Å². The Balaban J connectivity index is 2.09. The molecule has 1 aliphatic carbocycles. The largest absolute Gasteiger partial charge is 0.406 e. The van der Waals surface area contributed by atoms with Crippen LogP contribution >= 0.6 is 0 Å². The van der Waals surface area contributed by atoms with Crippen molar-refractivity contribution in [1.29, 1.82) is 0 Å². The average molecular weight is 342 g/mol. The molecule has 0 heterocycles. The fraction of sp³-hybridized carbons (Fsp3) is 0.529. The molecule has 2 rings (SSSR count). The van der Waals surface area contributed by atoms with E-state index in [0.717, 1.165) is 11.1 Å². The molecule has 1 aromatic rings. The Morgan fingerprint density at radius 2 is 1.92 bits per heavy atom. The van der Waals surface area contributed by atoms with E-state index in [-0.39, 0.29) is 5.92 Å². The molecule has 0 N–H and O–H groups in total. The topological polar surface area (TPSA) is 40.6 Å². The van der Waals surface area contributed by atoms with Gasteiger partial charge in [-0.15, -0.1) is 0 Å². The first-order chi connectivity index (χ1) is 11.1. The smallest absolute Gasteiger partial charge is 0.347 e. The number of carbonyl (C=O) groups is 2. The van der Waals surface area contributed by atoms with Gasteiger partial charge in [-0.1, -0.05) is 29.8 Å². The first-order valence-corrected chi connectivity index (χ1v) is 7.70. The van der Waals surface area contributed by atoms with E-state index in [1.54, 1.807) is 0 Å². The molecule has 0 saturated heterocycles. The maximum Gasteiger partial charge on any atom is 0.406 e. The molecule has 2 atom stereocenters. The van der Waals surface area contributed by atoms with Crippen molar-refractivity contribution in [2.24, 2.45) is 5.92 Å². The van der Waals surface area contributed by atoms with Gasteiger partial charge in [0.2, 0.25) is 11.8 Å². The van der Waals surface area contributed by atoms with Crippen LogP contribution in [0.1, 0.15) is 23.5 Å². The number of halogens is 3. The summed E-state index contributed by atoms with van der Waals surface area (Å²) in [7, 11) is 2.90. The highest BCUT2D eigenvalue weighted by molar-refractivity contribution is 5.88. The van der Waals surface area contributed by atoms with E-state index in [9.17, 15) is 22.8 Å². The lowest BCUT2D eigenvalue weighted by atomic mass is 10.1. The van der Waals surface area contributed by atoms with Crippen LogP contribution in [0.5, 0.6) is 0 Å². The Morgan fingerprint density at radius 1 is 1.25 bits per heavy atom. The second-order valence-corrected chi connectivity index (χ2v) is 6.46. The van der Waals surface area contributed by atoms with Gasteiger partial charge in [-0.05, 0) is 24.8 Å². The Kier molecular flexibility index (Phi) is 5.20. The van der Waals surface area contributed by atoms with Crippen LogP contribution in [-0.4, -0.2) is 55.0 Å². The third-order valence-corrected chi connectivity index (χ3v) is 4.08. The number of aryl methyl sites for hydroxylation is 1. The van der Waals surface area contributed by atoms with Crippen LogP contribution < -0.4 is 0 Å². The summed E-state index contributed by atoms with van der Waals surface area (Å²) in [6.07, 6.45) is -4.01. The van der Waals surface area contributed by atoms with Gasteiger partial charge in [0.15, 0.2) is 0 Å². The standard InChI is InChI=1S/C17H21F3N2O2/c1-11-5-4-6-12(7-11)13-8-14(13)16(24)22(10-17(18,19)20)9-15(23)21(2)3/h4-7,13-14H,8-10H2,1-3H3. The third-order valence-electron chi connectivity index (χ3n) is 4.08. The minimum atomic E-state index is -4.53. The fourth-order valence-corrected chi connectivity index (χ4v) is 2.70. The van der Waals surface area contributed by atoms with Crippen LogP contribution in [0.4, 0.5) is 13.2 Å². The molecule has 2 unspecified atom stereocenters. The molecule has 0 spiro atoms. The van der Waals surface area contributed by atoms with Gasteiger partial charge in [0.1, 0.15) is 13.1 Å². The number of alkyl halides is 3. The Morgan fingerprint density at radius 3 is 2.46 bits per heavy atom. The number of amides is 2. The van der Waals surface area contributed by atoms with Crippen molar-refractivity contribution in [3.63, 3.8) is 0 Å². The van der Waals surface area contributed by atoms with Crippen LogP contribution in [0.25, 0.3) is 0 Å². The van der Waals surface area contributed by atoms with E-state index in [4.69, 9.17) is 0 Å². The first-order valence-electron chi connectivity index (χ1n) is 7.70. The van der Waals surface area contributed by atoms with Crippen LogP contribution in [0, 0.1) is 12.8 Å². The predicted molar refractivity (Wildman–Crippen MR) is 83.4 cm³/mol. The normalized spacial score (nSPS) is 19.8. The van der Waals surface area contributed by atoms with Gasteiger partial charge in [0.05, 0.1) is 0 Å². The van der Waals surface area contributed by atoms with Crippen molar-refractivity contribution in [3.8, 4) is 0 Å². The van der Waals surface area contributed by atoms with Crippen LogP contribution in [0.15, 0.2) is 24.3 Å². The van der Waals surface area contributed by atoms with Crippen LogP contribution in [-0.2, 0) is 9.59 Å². The number of hydrogen-bond donors (Lipinski definition) is 0. The van der Waals surface area contributed by atoms with Crippen molar-refractivity contribution < 1.29 is 22.8 Å². The summed E-state index contributed by atoms with van der Waals surface area (Å²) in [5, 5.41) is 0. The first kappa shape index (κ1) is 18.3. The van der Waals surface area contributed by atoms with Crippen molar-refractivity contribution in [2.45, 2.75) is 25.4 Å². The number of rotatable bonds is 5. The fourth-order valence-electron chi connectivity index (χ4n) is 2.70. The molecule has 24 heavy (non-hydrogen) atoms. The summed E-state index contributed by atoms with van der Waals surface area (Å²) >= 11 is 0. The second kappa shape index (κ2) is 6.83. The molecule has 0 aromatic heterocycles. The van der Waals surface area contributed by atoms with Gasteiger partial charge in [-0.2, -0.15) is 13.2 Å². The van der Waals surface area contributed by atoms with Gasteiger partial charge >= 0.3 is 6.18 Å².